The molecule has 2 aromatic rings. The van der Waals surface area contributed by atoms with E-state index in [2.05, 4.69) is 20.7 Å². The Hall–Kier alpha value is -1.75. The molecule has 1 aromatic heterocycles. The largest absolute Gasteiger partial charge is 0.308 e. The van der Waals surface area contributed by atoms with Crippen LogP contribution in [-0.4, -0.2) is 22.5 Å². The number of aromatic amines is 1. The highest BCUT2D eigenvalue weighted by molar-refractivity contribution is 5.26. The molecule has 78 valence electrons. The number of H-pyrrole nitrogens is 1. The van der Waals surface area contributed by atoms with Gasteiger partial charge < -0.3 is 5.32 Å². The molecule has 2 rings (SSSR count). The number of hydrogen-bond acceptors (Lipinski definition) is 3. The van der Waals surface area contributed by atoms with Crippen molar-refractivity contribution in [2.24, 2.45) is 0 Å². The summed E-state index contributed by atoms with van der Waals surface area (Å²) in [5.74, 6) is -0.253. The number of benzene rings is 1. The Morgan fingerprint density at radius 1 is 1.47 bits per heavy atom. The number of aromatic nitrogens is 3. The summed E-state index contributed by atoms with van der Waals surface area (Å²) >= 11 is 0. The molecule has 0 bridgehead atoms. The fourth-order valence-electron chi connectivity index (χ4n) is 1.52. The zero-order chi connectivity index (χ0) is 10.7. The molecule has 0 saturated heterocycles. The molecule has 0 spiro atoms. The van der Waals surface area contributed by atoms with E-state index in [1.54, 1.807) is 19.3 Å². The predicted molar refractivity (Wildman–Crippen MR) is 53.7 cm³/mol. The van der Waals surface area contributed by atoms with Gasteiger partial charge in [-0.3, -0.25) is 0 Å². The van der Waals surface area contributed by atoms with Gasteiger partial charge in [0.05, 0.1) is 12.2 Å². The molecule has 15 heavy (non-hydrogen) atoms. The van der Waals surface area contributed by atoms with Crippen molar-refractivity contribution in [3.05, 3.63) is 47.5 Å². The number of nitrogens with one attached hydrogen (secondary N) is 2. The van der Waals surface area contributed by atoms with Crippen molar-refractivity contribution in [2.75, 3.05) is 7.05 Å². The van der Waals surface area contributed by atoms with Gasteiger partial charge in [-0.1, -0.05) is 12.1 Å². The first-order chi connectivity index (χ1) is 7.31. The van der Waals surface area contributed by atoms with E-state index in [4.69, 9.17) is 0 Å². The van der Waals surface area contributed by atoms with Crippen molar-refractivity contribution < 1.29 is 4.39 Å². The minimum absolute atomic E-state index is 0.139. The van der Waals surface area contributed by atoms with Crippen LogP contribution >= 0.6 is 0 Å². The number of nitrogens with zero attached hydrogens (tertiary/aromatic N) is 2. The third kappa shape index (κ3) is 2.02. The van der Waals surface area contributed by atoms with Crippen LogP contribution in [0.2, 0.25) is 0 Å². The van der Waals surface area contributed by atoms with Gasteiger partial charge in [0.2, 0.25) is 0 Å². The minimum Gasteiger partial charge on any atom is -0.308 e. The predicted octanol–water partition coefficient (Wildman–Crippen LogP) is 1.25. The lowest BCUT2D eigenvalue weighted by molar-refractivity contribution is 0.613. The zero-order valence-corrected chi connectivity index (χ0v) is 8.24. The van der Waals surface area contributed by atoms with E-state index in [0.29, 0.717) is 0 Å². The molecule has 0 aliphatic rings. The summed E-state index contributed by atoms with van der Waals surface area (Å²) in [6.45, 7) is 0. The maximum Gasteiger partial charge on any atom is 0.123 e. The highest BCUT2D eigenvalue weighted by Crippen LogP contribution is 2.19. The molecule has 0 fully saturated rings. The Labute approximate surface area is 86.5 Å². The van der Waals surface area contributed by atoms with Gasteiger partial charge in [0.15, 0.2) is 0 Å². The Morgan fingerprint density at radius 2 is 2.33 bits per heavy atom. The van der Waals surface area contributed by atoms with Gasteiger partial charge >= 0.3 is 0 Å². The smallest absolute Gasteiger partial charge is 0.123 e. The molecule has 1 heterocycles. The van der Waals surface area contributed by atoms with Crippen LogP contribution in [0.3, 0.4) is 0 Å². The van der Waals surface area contributed by atoms with Crippen molar-refractivity contribution in [2.45, 2.75) is 6.04 Å². The lowest BCUT2D eigenvalue weighted by Crippen LogP contribution is -2.18. The van der Waals surface area contributed by atoms with Crippen LogP contribution < -0.4 is 5.32 Å². The summed E-state index contributed by atoms with van der Waals surface area (Å²) < 4.78 is 13.0. The van der Waals surface area contributed by atoms with Gasteiger partial charge in [-0.25, -0.2) is 4.39 Å². The van der Waals surface area contributed by atoms with E-state index < -0.39 is 0 Å². The summed E-state index contributed by atoms with van der Waals surface area (Å²) in [6, 6.07) is 6.28. The summed E-state index contributed by atoms with van der Waals surface area (Å²) in [4.78, 5) is 0. The Morgan fingerprint density at radius 3 is 2.93 bits per heavy atom. The van der Waals surface area contributed by atoms with Crippen LogP contribution in [0.4, 0.5) is 4.39 Å². The molecular formula is C10H11FN4. The first kappa shape index (κ1) is 9.79. The third-order valence-electron chi connectivity index (χ3n) is 2.20. The normalized spacial score (nSPS) is 12.7. The fraction of sp³-hybridized carbons (Fsp3) is 0.200. The van der Waals surface area contributed by atoms with Gasteiger partial charge in [0.25, 0.3) is 0 Å². The van der Waals surface area contributed by atoms with E-state index in [0.717, 1.165) is 11.3 Å². The van der Waals surface area contributed by atoms with Crippen molar-refractivity contribution in [3.8, 4) is 0 Å². The van der Waals surface area contributed by atoms with Crippen LogP contribution in [0, 0.1) is 5.82 Å². The standard InChI is InChI=1S/C10H11FN4/c1-12-10(9-6-13-15-14-9)7-3-2-4-8(11)5-7/h2-6,10,12H,1H3,(H,13,14,15). The number of halogens is 1. The van der Waals surface area contributed by atoms with Crippen molar-refractivity contribution in [1.29, 1.82) is 0 Å². The fourth-order valence-corrected chi connectivity index (χ4v) is 1.52. The average Bonchev–Trinajstić information content (AvgIpc) is 2.72. The van der Waals surface area contributed by atoms with E-state index in [9.17, 15) is 4.39 Å². The third-order valence-corrected chi connectivity index (χ3v) is 2.20. The van der Waals surface area contributed by atoms with Gasteiger partial charge in [-0.05, 0) is 24.7 Å². The van der Waals surface area contributed by atoms with Crippen molar-refractivity contribution in [1.82, 2.24) is 20.7 Å². The molecular weight excluding hydrogens is 195 g/mol. The van der Waals surface area contributed by atoms with Crippen molar-refractivity contribution in [3.63, 3.8) is 0 Å². The molecule has 0 amide bonds. The molecule has 1 atom stereocenters. The van der Waals surface area contributed by atoms with Crippen LogP contribution in [0.25, 0.3) is 0 Å². The second kappa shape index (κ2) is 4.18. The first-order valence-electron chi connectivity index (χ1n) is 4.59. The van der Waals surface area contributed by atoms with Gasteiger partial charge in [-0.15, -0.1) is 0 Å². The average molecular weight is 206 g/mol. The van der Waals surface area contributed by atoms with Gasteiger partial charge in [-0.2, -0.15) is 15.4 Å². The maximum atomic E-state index is 13.0. The van der Waals surface area contributed by atoms with E-state index >= 15 is 0 Å². The van der Waals surface area contributed by atoms with Crippen LogP contribution in [0.15, 0.2) is 30.5 Å². The molecule has 5 heteroatoms. The maximum absolute atomic E-state index is 13.0. The van der Waals surface area contributed by atoms with Crippen LogP contribution in [0.1, 0.15) is 17.3 Å². The molecule has 4 nitrogen and oxygen atoms in total. The number of rotatable bonds is 3. The second-order valence-corrected chi connectivity index (χ2v) is 3.17. The minimum atomic E-state index is -0.253. The van der Waals surface area contributed by atoms with Crippen LogP contribution in [0.5, 0.6) is 0 Å². The molecule has 1 aromatic carbocycles. The quantitative estimate of drug-likeness (QED) is 0.794. The lowest BCUT2D eigenvalue weighted by atomic mass is 10.0. The van der Waals surface area contributed by atoms with Gasteiger partial charge in [0, 0.05) is 0 Å². The van der Waals surface area contributed by atoms with Crippen molar-refractivity contribution >= 4 is 0 Å². The van der Waals surface area contributed by atoms with Gasteiger partial charge in [0.1, 0.15) is 11.5 Å². The monoisotopic (exact) mass is 206 g/mol. The molecule has 0 aliphatic carbocycles. The highest BCUT2D eigenvalue weighted by Gasteiger charge is 2.14. The Bertz CT molecular complexity index is 427. The number of hydrogen-bond donors (Lipinski definition) is 2. The Kier molecular flexibility index (Phi) is 2.73. The van der Waals surface area contributed by atoms with Crippen LogP contribution in [-0.2, 0) is 0 Å². The Balaban J connectivity index is 2.35. The second-order valence-electron chi connectivity index (χ2n) is 3.17. The zero-order valence-electron chi connectivity index (χ0n) is 8.24. The molecule has 2 N–H and O–H groups in total. The topological polar surface area (TPSA) is 53.6 Å². The lowest BCUT2D eigenvalue weighted by Gasteiger charge is -2.13. The summed E-state index contributed by atoms with van der Waals surface area (Å²) in [5, 5.41) is 13.3. The molecule has 0 aliphatic heterocycles. The van der Waals surface area contributed by atoms with E-state index in [-0.39, 0.29) is 11.9 Å². The highest BCUT2D eigenvalue weighted by atomic mass is 19.1. The summed E-state index contributed by atoms with van der Waals surface area (Å²) in [5.41, 5.74) is 1.56. The molecule has 0 radical (unpaired) electrons. The van der Waals surface area contributed by atoms with E-state index in [1.807, 2.05) is 6.07 Å². The molecule has 0 saturated carbocycles. The molecule has 1 unspecified atom stereocenters. The SMILES string of the molecule is CNC(c1cccc(F)c1)c1cn[nH]n1. The first-order valence-corrected chi connectivity index (χ1v) is 4.59. The summed E-state index contributed by atoms with van der Waals surface area (Å²) in [7, 11) is 1.80. The summed E-state index contributed by atoms with van der Waals surface area (Å²) in [6.07, 6.45) is 1.62. The van der Waals surface area contributed by atoms with E-state index in [1.165, 1.54) is 12.1 Å².